The van der Waals surface area contributed by atoms with E-state index < -0.39 is 0 Å². The first-order chi connectivity index (χ1) is 7.25. The number of nitrogens with zero attached hydrogens (tertiary/aromatic N) is 1. The van der Waals surface area contributed by atoms with E-state index in [9.17, 15) is 0 Å². The number of unbranched alkanes of at least 4 members (excludes halogenated alkanes) is 5. The number of hydrogen-bond donors (Lipinski definition) is 0. The second kappa shape index (κ2) is 7.50. The van der Waals surface area contributed by atoms with Crippen LogP contribution >= 0.6 is 31.9 Å². The number of hydrogen-bond acceptors (Lipinski definition) is 0. The fourth-order valence-electron chi connectivity index (χ4n) is 1.68. The van der Waals surface area contributed by atoms with Gasteiger partial charge in [-0.2, -0.15) is 0 Å². The van der Waals surface area contributed by atoms with Gasteiger partial charge in [0.2, 0.25) is 0 Å². The van der Waals surface area contributed by atoms with Crippen molar-refractivity contribution in [3.63, 3.8) is 0 Å². The normalized spacial score (nSPS) is 10.9. The molecule has 0 atom stereocenters. The summed E-state index contributed by atoms with van der Waals surface area (Å²) in [6, 6.07) is 4.17. The van der Waals surface area contributed by atoms with E-state index in [0.29, 0.717) is 0 Å². The smallest absolute Gasteiger partial charge is 0.0855 e. The number of halogens is 2. The molecule has 15 heavy (non-hydrogen) atoms. The molecule has 0 saturated heterocycles. The highest BCUT2D eigenvalue weighted by Crippen LogP contribution is 2.21. The SMILES string of the molecule is CCCCCCCCn1c(Br)ccc1Br. The highest BCUT2D eigenvalue weighted by Gasteiger charge is 2.02. The monoisotopic (exact) mass is 335 g/mol. The fraction of sp³-hybridized carbons (Fsp3) is 0.667. The standard InChI is InChI=1S/C12H19Br2N/c1-2-3-4-5-6-7-10-15-11(13)8-9-12(15)14/h8-9H,2-7,10H2,1H3. The molecule has 0 aliphatic carbocycles. The van der Waals surface area contributed by atoms with Crippen LogP contribution in [0.3, 0.4) is 0 Å². The van der Waals surface area contributed by atoms with Gasteiger partial charge in [-0.1, -0.05) is 39.0 Å². The molecule has 0 aliphatic heterocycles. The molecule has 1 heterocycles. The molecule has 0 radical (unpaired) electrons. The average Bonchev–Trinajstić information content (AvgIpc) is 2.54. The largest absolute Gasteiger partial charge is 0.330 e. The zero-order valence-corrected chi connectivity index (χ0v) is 12.5. The van der Waals surface area contributed by atoms with Crippen molar-refractivity contribution in [3.8, 4) is 0 Å². The molecule has 0 aliphatic rings. The molecule has 1 nitrogen and oxygen atoms in total. The van der Waals surface area contributed by atoms with Gasteiger partial charge in [-0.3, -0.25) is 0 Å². The van der Waals surface area contributed by atoms with Gasteiger partial charge in [0.15, 0.2) is 0 Å². The van der Waals surface area contributed by atoms with Crippen LogP contribution in [0.25, 0.3) is 0 Å². The van der Waals surface area contributed by atoms with Crippen molar-refractivity contribution in [1.29, 1.82) is 0 Å². The summed E-state index contributed by atoms with van der Waals surface area (Å²) in [6.45, 7) is 3.37. The summed E-state index contributed by atoms with van der Waals surface area (Å²) < 4.78 is 4.60. The molecule has 0 saturated carbocycles. The topological polar surface area (TPSA) is 4.93 Å². The summed E-state index contributed by atoms with van der Waals surface area (Å²) in [4.78, 5) is 0. The van der Waals surface area contributed by atoms with E-state index in [1.165, 1.54) is 47.7 Å². The van der Waals surface area contributed by atoms with Gasteiger partial charge in [0.05, 0.1) is 9.21 Å². The lowest BCUT2D eigenvalue weighted by Crippen LogP contribution is -1.98. The second-order valence-corrected chi connectivity index (χ2v) is 5.52. The predicted octanol–water partition coefficient (Wildman–Crippen LogP) is 5.37. The molecular weight excluding hydrogens is 318 g/mol. The van der Waals surface area contributed by atoms with Gasteiger partial charge < -0.3 is 4.57 Å². The van der Waals surface area contributed by atoms with Crippen molar-refractivity contribution in [2.24, 2.45) is 0 Å². The zero-order valence-electron chi connectivity index (χ0n) is 9.31. The van der Waals surface area contributed by atoms with E-state index in [2.05, 4.69) is 55.5 Å². The molecule has 1 aromatic heterocycles. The molecule has 0 bridgehead atoms. The van der Waals surface area contributed by atoms with Crippen molar-refractivity contribution in [3.05, 3.63) is 21.3 Å². The van der Waals surface area contributed by atoms with E-state index >= 15 is 0 Å². The van der Waals surface area contributed by atoms with Gasteiger partial charge in [0.25, 0.3) is 0 Å². The zero-order chi connectivity index (χ0) is 11.1. The van der Waals surface area contributed by atoms with E-state index in [0.717, 1.165) is 6.54 Å². The Labute approximate surface area is 110 Å². The lowest BCUT2D eigenvalue weighted by molar-refractivity contribution is 0.551. The Hall–Kier alpha value is 0.240. The minimum absolute atomic E-state index is 1.11. The highest BCUT2D eigenvalue weighted by atomic mass is 79.9. The number of aromatic nitrogens is 1. The minimum atomic E-state index is 1.11. The summed E-state index contributed by atoms with van der Waals surface area (Å²) in [5.74, 6) is 0. The van der Waals surface area contributed by atoms with Crippen LogP contribution in [-0.2, 0) is 6.54 Å². The van der Waals surface area contributed by atoms with Crippen LogP contribution in [0.2, 0.25) is 0 Å². The summed E-state index contributed by atoms with van der Waals surface area (Å²) in [7, 11) is 0. The maximum absolute atomic E-state index is 3.54. The maximum Gasteiger partial charge on any atom is 0.0855 e. The van der Waals surface area contributed by atoms with Gasteiger partial charge >= 0.3 is 0 Å². The Morgan fingerprint density at radius 3 is 2.07 bits per heavy atom. The second-order valence-electron chi connectivity index (χ2n) is 3.90. The van der Waals surface area contributed by atoms with E-state index in [1.54, 1.807) is 0 Å². The highest BCUT2D eigenvalue weighted by molar-refractivity contribution is 9.11. The van der Waals surface area contributed by atoms with Crippen molar-refractivity contribution >= 4 is 31.9 Å². The Bertz CT molecular complexity index is 262. The van der Waals surface area contributed by atoms with E-state index in [1.807, 2.05) is 0 Å². The van der Waals surface area contributed by atoms with Crippen LogP contribution in [0.1, 0.15) is 45.4 Å². The molecule has 0 fully saturated rings. The summed E-state index contributed by atoms with van der Waals surface area (Å²) in [5.41, 5.74) is 0. The van der Waals surface area contributed by atoms with Gasteiger partial charge in [0.1, 0.15) is 0 Å². The lowest BCUT2D eigenvalue weighted by Gasteiger charge is -2.06. The molecule has 0 spiro atoms. The van der Waals surface area contributed by atoms with E-state index in [-0.39, 0.29) is 0 Å². The number of rotatable bonds is 7. The molecule has 0 amide bonds. The average molecular weight is 337 g/mol. The van der Waals surface area contributed by atoms with Gasteiger partial charge in [-0.15, -0.1) is 0 Å². The molecule has 0 N–H and O–H groups in total. The predicted molar refractivity (Wildman–Crippen MR) is 73.2 cm³/mol. The van der Waals surface area contributed by atoms with Crippen LogP contribution in [0.4, 0.5) is 0 Å². The molecule has 0 unspecified atom stereocenters. The Morgan fingerprint density at radius 2 is 1.47 bits per heavy atom. The minimum Gasteiger partial charge on any atom is -0.330 e. The third kappa shape index (κ3) is 4.73. The molecule has 0 aromatic carbocycles. The van der Waals surface area contributed by atoms with Gasteiger partial charge in [-0.05, 0) is 50.4 Å². The van der Waals surface area contributed by atoms with Crippen LogP contribution in [-0.4, -0.2) is 4.57 Å². The van der Waals surface area contributed by atoms with Gasteiger partial charge in [-0.25, -0.2) is 0 Å². The molecular formula is C12H19Br2N. The molecule has 86 valence electrons. The molecule has 1 rings (SSSR count). The quantitative estimate of drug-likeness (QED) is 0.589. The van der Waals surface area contributed by atoms with Crippen molar-refractivity contribution in [2.45, 2.75) is 52.0 Å². The maximum atomic E-state index is 3.54. The van der Waals surface area contributed by atoms with Crippen molar-refractivity contribution in [1.82, 2.24) is 4.57 Å². The molecule has 1 aromatic rings. The summed E-state index contributed by atoms with van der Waals surface area (Å²) in [6.07, 6.45) is 8.10. The Kier molecular flexibility index (Phi) is 6.66. The van der Waals surface area contributed by atoms with Crippen LogP contribution < -0.4 is 0 Å². The summed E-state index contributed by atoms with van der Waals surface area (Å²) in [5, 5.41) is 0. The first-order valence-electron chi connectivity index (χ1n) is 5.76. The lowest BCUT2D eigenvalue weighted by atomic mass is 10.1. The van der Waals surface area contributed by atoms with Crippen molar-refractivity contribution < 1.29 is 0 Å². The van der Waals surface area contributed by atoms with Crippen LogP contribution in [0.15, 0.2) is 21.3 Å². The van der Waals surface area contributed by atoms with Crippen LogP contribution in [0.5, 0.6) is 0 Å². The van der Waals surface area contributed by atoms with Crippen LogP contribution in [0, 0.1) is 0 Å². The fourth-order valence-corrected chi connectivity index (χ4v) is 2.92. The first-order valence-corrected chi connectivity index (χ1v) is 7.35. The van der Waals surface area contributed by atoms with Gasteiger partial charge in [0, 0.05) is 6.54 Å². The third-order valence-electron chi connectivity index (χ3n) is 2.61. The van der Waals surface area contributed by atoms with Crippen molar-refractivity contribution in [2.75, 3.05) is 0 Å². The van der Waals surface area contributed by atoms with E-state index in [4.69, 9.17) is 0 Å². The third-order valence-corrected chi connectivity index (χ3v) is 3.99. The molecule has 3 heteroatoms. The summed E-state index contributed by atoms with van der Waals surface area (Å²) >= 11 is 7.09. The Morgan fingerprint density at radius 1 is 0.933 bits per heavy atom. The Balaban J connectivity index is 2.15. The first kappa shape index (κ1) is 13.3.